The number of aryl methyl sites for hydroxylation is 2. The van der Waals surface area contributed by atoms with E-state index in [0.29, 0.717) is 6.42 Å². The highest BCUT2D eigenvalue weighted by atomic mass is 32.2. The minimum atomic E-state index is -3.08. The van der Waals surface area contributed by atoms with E-state index in [9.17, 15) is 13.5 Å². The first-order chi connectivity index (χ1) is 7.32. The average Bonchev–Trinajstić information content (AvgIpc) is 2.46. The van der Waals surface area contributed by atoms with Crippen molar-refractivity contribution < 1.29 is 13.5 Å². The predicted molar refractivity (Wildman–Crippen MR) is 63.1 cm³/mol. The molecule has 3 nitrogen and oxygen atoms in total. The summed E-state index contributed by atoms with van der Waals surface area (Å²) in [6.07, 6.45) is 0.305. The van der Waals surface area contributed by atoms with Gasteiger partial charge in [0.15, 0.2) is 9.84 Å². The fraction of sp³-hybridized carbons (Fsp3) is 0.500. The standard InChI is InChI=1S/C12H16O3S/c1-9-3-4-10(2)11(7-9)12(13)5-6-16(14,15)8-12/h3-4,7,13H,5-6,8H2,1-2H3. The molecule has 0 saturated carbocycles. The summed E-state index contributed by atoms with van der Waals surface area (Å²) in [5.41, 5.74) is 1.56. The van der Waals surface area contributed by atoms with Gasteiger partial charge >= 0.3 is 0 Å². The van der Waals surface area contributed by atoms with Crippen molar-refractivity contribution in [2.75, 3.05) is 11.5 Å². The first kappa shape index (κ1) is 11.6. The molecule has 1 atom stereocenters. The van der Waals surface area contributed by atoms with Gasteiger partial charge in [-0.25, -0.2) is 8.42 Å². The van der Waals surface area contributed by atoms with E-state index in [-0.39, 0.29) is 11.5 Å². The highest BCUT2D eigenvalue weighted by Crippen LogP contribution is 2.35. The Hall–Kier alpha value is -0.870. The minimum Gasteiger partial charge on any atom is -0.384 e. The SMILES string of the molecule is Cc1ccc(C)c(C2(O)CCS(=O)(=O)C2)c1. The summed E-state index contributed by atoms with van der Waals surface area (Å²) in [7, 11) is -3.08. The van der Waals surface area contributed by atoms with Crippen molar-refractivity contribution in [1.29, 1.82) is 0 Å². The lowest BCUT2D eigenvalue weighted by atomic mass is 9.89. The predicted octanol–water partition coefficient (Wildman–Crippen LogP) is 1.31. The van der Waals surface area contributed by atoms with Crippen LogP contribution in [0.3, 0.4) is 0 Å². The Kier molecular flexibility index (Phi) is 2.59. The molecule has 0 spiro atoms. The number of rotatable bonds is 1. The zero-order valence-electron chi connectivity index (χ0n) is 9.53. The smallest absolute Gasteiger partial charge is 0.153 e. The molecule has 1 aliphatic heterocycles. The van der Waals surface area contributed by atoms with Crippen LogP contribution in [0.15, 0.2) is 18.2 Å². The zero-order valence-corrected chi connectivity index (χ0v) is 10.3. The summed E-state index contributed by atoms with van der Waals surface area (Å²) >= 11 is 0. The summed E-state index contributed by atoms with van der Waals surface area (Å²) in [5, 5.41) is 10.4. The molecule has 16 heavy (non-hydrogen) atoms. The summed E-state index contributed by atoms with van der Waals surface area (Å²) in [6.45, 7) is 3.84. The van der Waals surface area contributed by atoms with E-state index >= 15 is 0 Å². The van der Waals surface area contributed by atoms with Gasteiger partial charge in [-0.15, -0.1) is 0 Å². The molecule has 1 unspecified atom stereocenters. The molecule has 4 heteroatoms. The molecule has 1 fully saturated rings. The van der Waals surface area contributed by atoms with Gasteiger partial charge in [0.05, 0.1) is 11.5 Å². The highest BCUT2D eigenvalue weighted by molar-refractivity contribution is 7.91. The Labute approximate surface area is 96.0 Å². The summed E-state index contributed by atoms with van der Waals surface area (Å²) in [5.74, 6) is -0.0683. The van der Waals surface area contributed by atoms with Gasteiger partial charge in [-0.1, -0.05) is 23.8 Å². The first-order valence-corrected chi connectivity index (χ1v) is 7.15. The van der Waals surface area contributed by atoms with Gasteiger partial charge in [-0.2, -0.15) is 0 Å². The van der Waals surface area contributed by atoms with Crippen molar-refractivity contribution in [3.8, 4) is 0 Å². The van der Waals surface area contributed by atoms with Crippen molar-refractivity contribution in [2.24, 2.45) is 0 Å². The van der Waals surface area contributed by atoms with Gasteiger partial charge in [0, 0.05) is 0 Å². The Morgan fingerprint density at radius 2 is 2.00 bits per heavy atom. The third-order valence-electron chi connectivity index (χ3n) is 3.18. The molecular formula is C12H16O3S. The third-order valence-corrected chi connectivity index (χ3v) is 4.92. The normalized spacial score (nSPS) is 28.2. The molecule has 1 aromatic carbocycles. The van der Waals surface area contributed by atoms with Crippen LogP contribution in [0.1, 0.15) is 23.1 Å². The lowest BCUT2D eigenvalue weighted by Crippen LogP contribution is -2.28. The Morgan fingerprint density at radius 1 is 1.31 bits per heavy atom. The number of sulfone groups is 1. The van der Waals surface area contributed by atoms with E-state index in [1.807, 2.05) is 32.0 Å². The van der Waals surface area contributed by atoms with Gasteiger partial charge in [0.25, 0.3) is 0 Å². The fourth-order valence-corrected chi connectivity index (χ4v) is 4.10. The summed E-state index contributed by atoms with van der Waals surface area (Å²) in [4.78, 5) is 0. The molecule has 1 aromatic rings. The van der Waals surface area contributed by atoms with Gasteiger partial charge in [0.1, 0.15) is 5.60 Å². The van der Waals surface area contributed by atoms with E-state index in [1.165, 1.54) is 0 Å². The van der Waals surface area contributed by atoms with Crippen LogP contribution in [0.5, 0.6) is 0 Å². The Morgan fingerprint density at radius 3 is 2.56 bits per heavy atom. The maximum absolute atomic E-state index is 11.5. The number of hydrogen-bond donors (Lipinski definition) is 1. The molecule has 0 bridgehead atoms. The minimum absolute atomic E-state index is 0.0802. The van der Waals surface area contributed by atoms with Crippen LogP contribution in [0, 0.1) is 13.8 Å². The van der Waals surface area contributed by atoms with Crippen LogP contribution in [0.2, 0.25) is 0 Å². The molecule has 88 valence electrons. The maximum atomic E-state index is 11.5. The van der Waals surface area contributed by atoms with Crippen LogP contribution in [-0.2, 0) is 15.4 Å². The molecule has 1 heterocycles. The van der Waals surface area contributed by atoms with Gasteiger partial charge in [-0.3, -0.25) is 0 Å². The van der Waals surface area contributed by atoms with E-state index in [1.54, 1.807) is 0 Å². The van der Waals surface area contributed by atoms with Gasteiger partial charge in [0.2, 0.25) is 0 Å². The van der Waals surface area contributed by atoms with Crippen LogP contribution in [0.4, 0.5) is 0 Å². The molecule has 2 rings (SSSR count). The van der Waals surface area contributed by atoms with Crippen LogP contribution < -0.4 is 0 Å². The van der Waals surface area contributed by atoms with Crippen LogP contribution in [0.25, 0.3) is 0 Å². The largest absolute Gasteiger partial charge is 0.384 e. The average molecular weight is 240 g/mol. The quantitative estimate of drug-likeness (QED) is 0.805. The van der Waals surface area contributed by atoms with Gasteiger partial charge < -0.3 is 5.11 Å². The number of benzene rings is 1. The monoisotopic (exact) mass is 240 g/mol. The van der Waals surface area contributed by atoms with Crippen molar-refractivity contribution in [3.05, 3.63) is 34.9 Å². The van der Waals surface area contributed by atoms with Gasteiger partial charge in [-0.05, 0) is 31.4 Å². The Balaban J connectivity index is 2.49. The molecule has 0 amide bonds. The van der Waals surface area contributed by atoms with Crippen molar-refractivity contribution in [3.63, 3.8) is 0 Å². The van der Waals surface area contributed by atoms with E-state index in [2.05, 4.69) is 0 Å². The summed E-state index contributed by atoms with van der Waals surface area (Å²) < 4.78 is 22.9. The molecule has 1 N–H and O–H groups in total. The molecular weight excluding hydrogens is 224 g/mol. The van der Waals surface area contributed by atoms with Crippen LogP contribution >= 0.6 is 0 Å². The highest BCUT2D eigenvalue weighted by Gasteiger charge is 2.42. The molecule has 1 aliphatic rings. The zero-order chi connectivity index (χ0) is 12.0. The second-order valence-corrected chi connectivity index (χ2v) is 6.88. The van der Waals surface area contributed by atoms with Crippen molar-refractivity contribution >= 4 is 9.84 Å². The number of hydrogen-bond acceptors (Lipinski definition) is 3. The first-order valence-electron chi connectivity index (χ1n) is 5.33. The van der Waals surface area contributed by atoms with Crippen LogP contribution in [-0.4, -0.2) is 25.0 Å². The molecule has 1 saturated heterocycles. The van der Waals surface area contributed by atoms with E-state index in [0.717, 1.165) is 16.7 Å². The lowest BCUT2D eigenvalue weighted by molar-refractivity contribution is 0.0646. The Bertz CT molecular complexity index is 519. The molecule has 0 aromatic heterocycles. The fourth-order valence-electron chi connectivity index (χ4n) is 2.28. The molecule has 0 aliphatic carbocycles. The second-order valence-electron chi connectivity index (χ2n) is 4.69. The topological polar surface area (TPSA) is 54.4 Å². The summed E-state index contributed by atoms with van der Waals surface area (Å²) in [6, 6.07) is 5.77. The second kappa shape index (κ2) is 3.57. The van der Waals surface area contributed by atoms with E-state index in [4.69, 9.17) is 0 Å². The third kappa shape index (κ3) is 1.99. The maximum Gasteiger partial charge on any atom is 0.153 e. The van der Waals surface area contributed by atoms with Crippen molar-refractivity contribution in [1.82, 2.24) is 0 Å². The molecule has 0 radical (unpaired) electrons. The van der Waals surface area contributed by atoms with Crippen molar-refractivity contribution in [2.45, 2.75) is 25.9 Å². The number of aliphatic hydroxyl groups is 1. The van der Waals surface area contributed by atoms with E-state index < -0.39 is 15.4 Å². The lowest BCUT2D eigenvalue weighted by Gasteiger charge is -2.23.